The molecule has 3 aliphatic rings. The SMILES string of the molecule is CCCCC[C@H]1CC[C@H](c2ccc(C3(CC[C@H]4CC[C@H](CCCC)CC4)C=CC=CC3)cc2)CC1. The van der Waals surface area contributed by atoms with Crippen molar-refractivity contribution in [2.75, 3.05) is 0 Å². The van der Waals surface area contributed by atoms with Gasteiger partial charge in [-0.1, -0.05) is 133 Å². The third-order valence-corrected chi connectivity index (χ3v) is 10.1. The Bertz CT molecular complexity index is 767. The lowest BCUT2D eigenvalue weighted by atomic mass is 9.69. The summed E-state index contributed by atoms with van der Waals surface area (Å²) in [6, 6.07) is 10.0. The second kappa shape index (κ2) is 13.9. The van der Waals surface area contributed by atoms with Crippen molar-refractivity contribution in [3.05, 3.63) is 59.7 Å². The molecule has 2 fully saturated rings. The highest BCUT2D eigenvalue weighted by Crippen LogP contribution is 2.43. The van der Waals surface area contributed by atoms with Gasteiger partial charge in [-0.3, -0.25) is 0 Å². The molecule has 0 bridgehead atoms. The van der Waals surface area contributed by atoms with Crippen LogP contribution in [0.1, 0.15) is 146 Å². The molecule has 0 spiro atoms. The van der Waals surface area contributed by atoms with Gasteiger partial charge in [0, 0.05) is 5.41 Å². The molecular formula is C35H54. The van der Waals surface area contributed by atoms with Gasteiger partial charge in [0.2, 0.25) is 0 Å². The molecule has 1 atom stereocenters. The molecule has 0 nitrogen and oxygen atoms in total. The molecule has 1 aromatic rings. The highest BCUT2D eigenvalue weighted by Gasteiger charge is 2.31. The molecule has 4 rings (SSSR count). The fourth-order valence-electron chi connectivity index (χ4n) is 7.53. The maximum Gasteiger partial charge on any atom is 0.0170 e. The van der Waals surface area contributed by atoms with Crippen LogP contribution in [0.3, 0.4) is 0 Å². The van der Waals surface area contributed by atoms with Crippen LogP contribution in [-0.2, 0) is 5.41 Å². The Balaban J connectivity index is 1.31. The first-order valence-electron chi connectivity index (χ1n) is 15.7. The molecule has 1 unspecified atom stereocenters. The fraction of sp³-hybridized carbons (Fsp3) is 0.714. The van der Waals surface area contributed by atoms with Crippen LogP contribution in [0.15, 0.2) is 48.6 Å². The van der Waals surface area contributed by atoms with Crippen molar-refractivity contribution in [2.45, 2.75) is 141 Å². The maximum absolute atomic E-state index is 2.54. The van der Waals surface area contributed by atoms with E-state index in [0.29, 0.717) is 0 Å². The summed E-state index contributed by atoms with van der Waals surface area (Å²) in [7, 11) is 0. The smallest absolute Gasteiger partial charge is 0.0170 e. The van der Waals surface area contributed by atoms with Crippen molar-refractivity contribution in [1.82, 2.24) is 0 Å². The van der Waals surface area contributed by atoms with Gasteiger partial charge in [-0.2, -0.15) is 0 Å². The van der Waals surface area contributed by atoms with E-state index in [0.717, 1.165) is 23.7 Å². The van der Waals surface area contributed by atoms with Crippen LogP contribution in [0.2, 0.25) is 0 Å². The van der Waals surface area contributed by atoms with Gasteiger partial charge in [0.05, 0.1) is 0 Å². The van der Waals surface area contributed by atoms with E-state index in [1.807, 2.05) is 0 Å². The Morgan fingerprint density at radius 3 is 1.86 bits per heavy atom. The summed E-state index contributed by atoms with van der Waals surface area (Å²) in [6.45, 7) is 4.66. The summed E-state index contributed by atoms with van der Waals surface area (Å²) in [4.78, 5) is 0. The number of hydrogen-bond acceptors (Lipinski definition) is 0. The largest absolute Gasteiger partial charge is 0.0833 e. The third kappa shape index (κ3) is 7.60. The van der Waals surface area contributed by atoms with Crippen LogP contribution in [-0.4, -0.2) is 0 Å². The summed E-state index contributed by atoms with van der Waals surface area (Å²) in [5.74, 6) is 3.78. The second-order valence-electron chi connectivity index (χ2n) is 12.6. The first-order chi connectivity index (χ1) is 17.2. The zero-order valence-electron chi connectivity index (χ0n) is 23.2. The van der Waals surface area contributed by atoms with Gasteiger partial charge < -0.3 is 0 Å². The zero-order valence-corrected chi connectivity index (χ0v) is 23.2. The van der Waals surface area contributed by atoms with E-state index < -0.39 is 0 Å². The average Bonchev–Trinajstić information content (AvgIpc) is 2.92. The lowest BCUT2D eigenvalue weighted by Gasteiger charge is -2.36. The molecule has 2 saturated carbocycles. The Morgan fingerprint density at radius 1 is 0.657 bits per heavy atom. The molecular weight excluding hydrogens is 420 g/mol. The number of benzene rings is 1. The molecule has 0 N–H and O–H groups in total. The standard InChI is InChI=1S/C35H54/c1-3-5-8-12-30-17-19-32(20-18-30)33-21-23-34(24-22-33)35(26-9-7-10-27-35)28-25-31-15-13-29(14-16-31)11-6-4-2/h7,9-10,21-24,26,29-32H,3-6,8,11-20,25,27-28H2,1-2H3/t29-,30-,31-,32-,35?. The van der Waals surface area contributed by atoms with Gasteiger partial charge in [0.1, 0.15) is 0 Å². The monoisotopic (exact) mass is 474 g/mol. The number of unbranched alkanes of at least 4 members (excludes halogenated alkanes) is 3. The van der Waals surface area contributed by atoms with E-state index in [1.165, 1.54) is 116 Å². The Morgan fingerprint density at radius 2 is 1.26 bits per heavy atom. The van der Waals surface area contributed by atoms with Gasteiger partial charge in [0.25, 0.3) is 0 Å². The van der Waals surface area contributed by atoms with Crippen molar-refractivity contribution < 1.29 is 0 Å². The summed E-state index contributed by atoms with van der Waals surface area (Å²) in [5.41, 5.74) is 3.40. The lowest BCUT2D eigenvalue weighted by Crippen LogP contribution is -2.26. The van der Waals surface area contributed by atoms with Crippen molar-refractivity contribution in [3.8, 4) is 0 Å². The lowest BCUT2D eigenvalue weighted by molar-refractivity contribution is 0.237. The molecule has 1 aromatic carbocycles. The predicted molar refractivity (Wildman–Crippen MR) is 154 cm³/mol. The minimum atomic E-state index is 0.225. The van der Waals surface area contributed by atoms with Gasteiger partial charge >= 0.3 is 0 Å². The normalized spacial score (nSPS) is 31.0. The third-order valence-electron chi connectivity index (χ3n) is 10.1. The van der Waals surface area contributed by atoms with Crippen molar-refractivity contribution in [1.29, 1.82) is 0 Å². The van der Waals surface area contributed by atoms with Crippen LogP contribution in [0.5, 0.6) is 0 Å². The van der Waals surface area contributed by atoms with Crippen molar-refractivity contribution in [3.63, 3.8) is 0 Å². The Labute approximate surface area is 218 Å². The quantitative estimate of drug-likeness (QED) is 0.264. The molecule has 0 aromatic heterocycles. The van der Waals surface area contributed by atoms with Gasteiger partial charge in [-0.15, -0.1) is 0 Å². The summed E-state index contributed by atoms with van der Waals surface area (Å²) in [5, 5.41) is 0. The van der Waals surface area contributed by atoms with E-state index in [9.17, 15) is 0 Å². The Hall–Kier alpha value is -1.30. The predicted octanol–water partition coefficient (Wildman–Crippen LogP) is 11.1. The molecule has 0 amide bonds. The molecule has 0 aliphatic heterocycles. The van der Waals surface area contributed by atoms with Crippen LogP contribution in [0.25, 0.3) is 0 Å². The number of allylic oxidation sites excluding steroid dienone is 4. The number of hydrogen-bond donors (Lipinski definition) is 0. The molecule has 35 heavy (non-hydrogen) atoms. The van der Waals surface area contributed by atoms with Gasteiger partial charge in [-0.05, 0) is 79.7 Å². The van der Waals surface area contributed by atoms with Crippen molar-refractivity contribution in [2.24, 2.45) is 17.8 Å². The highest BCUT2D eigenvalue weighted by atomic mass is 14.4. The zero-order chi connectivity index (χ0) is 24.3. The average molecular weight is 475 g/mol. The van der Waals surface area contributed by atoms with Gasteiger partial charge in [0.15, 0.2) is 0 Å². The van der Waals surface area contributed by atoms with E-state index >= 15 is 0 Å². The molecule has 0 heteroatoms. The van der Waals surface area contributed by atoms with E-state index in [4.69, 9.17) is 0 Å². The highest BCUT2D eigenvalue weighted by molar-refractivity contribution is 5.38. The van der Waals surface area contributed by atoms with Crippen LogP contribution in [0, 0.1) is 17.8 Å². The summed E-state index contributed by atoms with van der Waals surface area (Å²) < 4.78 is 0. The molecule has 194 valence electrons. The first-order valence-corrected chi connectivity index (χ1v) is 15.7. The van der Waals surface area contributed by atoms with Crippen LogP contribution < -0.4 is 0 Å². The number of rotatable bonds is 12. The molecule has 0 heterocycles. The van der Waals surface area contributed by atoms with E-state index in [2.05, 4.69) is 62.4 Å². The molecule has 0 saturated heterocycles. The topological polar surface area (TPSA) is 0 Å². The van der Waals surface area contributed by atoms with Crippen LogP contribution in [0.4, 0.5) is 0 Å². The Kier molecular flexibility index (Phi) is 10.6. The molecule has 3 aliphatic carbocycles. The van der Waals surface area contributed by atoms with E-state index in [1.54, 1.807) is 11.1 Å². The van der Waals surface area contributed by atoms with Crippen LogP contribution >= 0.6 is 0 Å². The fourth-order valence-corrected chi connectivity index (χ4v) is 7.53. The van der Waals surface area contributed by atoms with Gasteiger partial charge in [-0.25, -0.2) is 0 Å². The second-order valence-corrected chi connectivity index (χ2v) is 12.6. The summed E-state index contributed by atoms with van der Waals surface area (Å²) >= 11 is 0. The van der Waals surface area contributed by atoms with E-state index in [-0.39, 0.29) is 5.41 Å². The maximum atomic E-state index is 2.54. The minimum absolute atomic E-state index is 0.225. The molecule has 0 radical (unpaired) electrons. The van der Waals surface area contributed by atoms with Crippen molar-refractivity contribution >= 4 is 0 Å². The minimum Gasteiger partial charge on any atom is -0.0833 e. The summed E-state index contributed by atoms with van der Waals surface area (Å²) in [6.07, 6.45) is 35.1. The first kappa shape index (κ1) is 26.8.